The fourth-order valence-corrected chi connectivity index (χ4v) is 5.38. The molecule has 42 heavy (non-hydrogen) atoms. The number of hydrogen-bond acceptors (Lipinski definition) is 9. The van der Waals surface area contributed by atoms with Crippen LogP contribution in [-0.2, 0) is 23.8 Å². The second-order valence-corrected chi connectivity index (χ2v) is 12.0. The Bertz CT molecular complexity index is 1460. The molecule has 11 heteroatoms. The summed E-state index contributed by atoms with van der Waals surface area (Å²) < 4.78 is 21.9. The van der Waals surface area contributed by atoms with Crippen LogP contribution in [0.5, 0.6) is 5.75 Å². The highest BCUT2D eigenvalue weighted by atomic mass is 16.6. The Hall–Kier alpha value is -4.15. The van der Waals surface area contributed by atoms with E-state index in [0.717, 1.165) is 16.7 Å². The molecule has 2 amide bonds. The second kappa shape index (κ2) is 11.3. The van der Waals surface area contributed by atoms with Crippen molar-refractivity contribution in [1.29, 1.82) is 0 Å². The SMILES string of the molecule is C=C[C@@H]1C[C@]1(NC(=O)[C@H]1C[C@@H](Oc2cc(C(=O)OC)nc3c(C)c(C)c(C)cc23)CN1C(=O)OC(C)(C)C)C(=O)OC. The number of aromatic nitrogens is 1. The number of nitrogens with zero attached hydrogens (tertiary/aromatic N) is 2. The minimum absolute atomic E-state index is 0.0321. The summed E-state index contributed by atoms with van der Waals surface area (Å²) in [6, 6.07) is 2.46. The first-order chi connectivity index (χ1) is 19.6. The molecule has 4 atom stereocenters. The Morgan fingerprint density at radius 2 is 1.79 bits per heavy atom. The van der Waals surface area contributed by atoms with Crippen molar-refractivity contribution in [3.05, 3.63) is 47.2 Å². The van der Waals surface area contributed by atoms with Crippen molar-refractivity contribution in [1.82, 2.24) is 15.2 Å². The fraction of sp³-hybridized carbons (Fsp3) is 0.516. The topological polar surface area (TPSA) is 133 Å². The molecule has 1 aliphatic heterocycles. The molecule has 11 nitrogen and oxygen atoms in total. The normalized spacial score (nSPS) is 23.2. The molecular weight excluding hydrogens is 542 g/mol. The van der Waals surface area contributed by atoms with Crippen LogP contribution in [0.25, 0.3) is 10.9 Å². The van der Waals surface area contributed by atoms with Gasteiger partial charge in [0.05, 0.1) is 26.3 Å². The van der Waals surface area contributed by atoms with Crippen LogP contribution in [0.2, 0.25) is 0 Å². The lowest BCUT2D eigenvalue weighted by atomic mass is 9.99. The summed E-state index contributed by atoms with van der Waals surface area (Å²) in [5.41, 5.74) is 1.59. The highest BCUT2D eigenvalue weighted by Crippen LogP contribution is 2.45. The zero-order chi connectivity index (χ0) is 31.1. The third kappa shape index (κ3) is 5.77. The van der Waals surface area contributed by atoms with Crippen LogP contribution in [0.3, 0.4) is 0 Å². The lowest BCUT2D eigenvalue weighted by Crippen LogP contribution is -2.53. The molecule has 1 aromatic heterocycles. The summed E-state index contributed by atoms with van der Waals surface area (Å²) in [7, 11) is 2.53. The van der Waals surface area contributed by atoms with Gasteiger partial charge in [0, 0.05) is 23.8 Å². The van der Waals surface area contributed by atoms with E-state index in [2.05, 4.69) is 16.9 Å². The van der Waals surface area contributed by atoms with E-state index >= 15 is 0 Å². The molecule has 2 heterocycles. The number of carbonyl (C=O) groups is 4. The van der Waals surface area contributed by atoms with Gasteiger partial charge in [-0.3, -0.25) is 9.69 Å². The van der Waals surface area contributed by atoms with Gasteiger partial charge in [0.1, 0.15) is 29.0 Å². The number of ether oxygens (including phenoxy) is 4. The lowest BCUT2D eigenvalue weighted by Gasteiger charge is -2.28. The number of nitrogens with one attached hydrogen (secondary N) is 1. The third-order valence-corrected chi connectivity index (χ3v) is 7.97. The highest BCUT2D eigenvalue weighted by Gasteiger charge is 2.62. The van der Waals surface area contributed by atoms with Gasteiger partial charge in [-0.1, -0.05) is 6.08 Å². The zero-order valence-electron chi connectivity index (χ0n) is 25.5. The maximum Gasteiger partial charge on any atom is 0.411 e. The second-order valence-electron chi connectivity index (χ2n) is 12.0. The number of hydrogen-bond donors (Lipinski definition) is 1. The van der Waals surface area contributed by atoms with Gasteiger partial charge in [0.25, 0.3) is 0 Å². The number of fused-ring (bicyclic) bond motifs is 1. The first-order valence-corrected chi connectivity index (χ1v) is 13.8. The van der Waals surface area contributed by atoms with E-state index in [-0.39, 0.29) is 24.6 Å². The van der Waals surface area contributed by atoms with Crippen LogP contribution >= 0.6 is 0 Å². The molecule has 0 unspecified atom stereocenters. The molecule has 1 saturated heterocycles. The van der Waals surface area contributed by atoms with E-state index in [9.17, 15) is 19.2 Å². The summed E-state index contributed by atoms with van der Waals surface area (Å²) in [6.07, 6.45) is 0.736. The van der Waals surface area contributed by atoms with Crippen LogP contribution in [0.15, 0.2) is 24.8 Å². The van der Waals surface area contributed by atoms with Crippen molar-refractivity contribution in [3.63, 3.8) is 0 Å². The largest absolute Gasteiger partial charge is 0.488 e. The molecule has 1 aliphatic carbocycles. The van der Waals surface area contributed by atoms with E-state index < -0.39 is 47.2 Å². The molecule has 1 saturated carbocycles. The molecule has 2 aromatic rings. The number of amides is 2. The highest BCUT2D eigenvalue weighted by molar-refractivity contribution is 5.96. The molecule has 0 bridgehead atoms. The van der Waals surface area contributed by atoms with Crippen molar-refractivity contribution in [2.45, 2.75) is 77.7 Å². The van der Waals surface area contributed by atoms with Crippen LogP contribution in [0.4, 0.5) is 4.79 Å². The van der Waals surface area contributed by atoms with Crippen molar-refractivity contribution in [3.8, 4) is 5.75 Å². The van der Waals surface area contributed by atoms with E-state index in [1.807, 2.05) is 26.8 Å². The number of aryl methyl sites for hydroxylation is 2. The summed E-state index contributed by atoms with van der Waals surface area (Å²) >= 11 is 0. The Morgan fingerprint density at radius 1 is 1.10 bits per heavy atom. The van der Waals surface area contributed by atoms with Crippen molar-refractivity contribution in [2.24, 2.45) is 5.92 Å². The Labute approximate surface area is 245 Å². The number of carbonyl (C=O) groups excluding carboxylic acids is 4. The predicted molar refractivity (Wildman–Crippen MR) is 154 cm³/mol. The van der Waals surface area contributed by atoms with Gasteiger partial charge < -0.3 is 24.3 Å². The van der Waals surface area contributed by atoms with Crippen molar-refractivity contribution in [2.75, 3.05) is 20.8 Å². The molecule has 226 valence electrons. The van der Waals surface area contributed by atoms with Gasteiger partial charge in [-0.05, 0) is 70.7 Å². The predicted octanol–water partition coefficient (Wildman–Crippen LogP) is 3.94. The molecule has 0 radical (unpaired) electrons. The van der Waals surface area contributed by atoms with Gasteiger partial charge in [-0.25, -0.2) is 19.4 Å². The lowest BCUT2D eigenvalue weighted by molar-refractivity contribution is -0.147. The maximum atomic E-state index is 13.7. The number of methoxy groups -OCH3 is 2. The van der Waals surface area contributed by atoms with Crippen LogP contribution < -0.4 is 10.1 Å². The first-order valence-electron chi connectivity index (χ1n) is 13.8. The Kier molecular flexibility index (Phi) is 8.26. The summed E-state index contributed by atoms with van der Waals surface area (Å²) in [4.78, 5) is 57.9. The first kappa shape index (κ1) is 30.8. The van der Waals surface area contributed by atoms with E-state index in [1.54, 1.807) is 26.8 Å². The number of likely N-dealkylation sites (tertiary alicyclic amines) is 1. The monoisotopic (exact) mass is 581 g/mol. The van der Waals surface area contributed by atoms with E-state index in [4.69, 9.17) is 18.9 Å². The maximum absolute atomic E-state index is 13.7. The number of rotatable bonds is 7. The molecule has 4 rings (SSSR count). The zero-order valence-corrected chi connectivity index (χ0v) is 25.5. The van der Waals surface area contributed by atoms with Gasteiger partial charge in [-0.2, -0.15) is 0 Å². The number of benzene rings is 1. The molecule has 2 fully saturated rings. The van der Waals surface area contributed by atoms with Crippen LogP contribution in [-0.4, -0.2) is 77.9 Å². The van der Waals surface area contributed by atoms with Gasteiger partial charge in [0.15, 0.2) is 5.69 Å². The minimum atomic E-state index is -1.23. The van der Waals surface area contributed by atoms with Crippen LogP contribution in [0.1, 0.15) is 60.8 Å². The molecule has 0 spiro atoms. The summed E-state index contributed by atoms with van der Waals surface area (Å²) in [5.74, 6) is -1.63. The quantitative estimate of drug-likeness (QED) is 0.293. The third-order valence-electron chi connectivity index (χ3n) is 7.97. The van der Waals surface area contributed by atoms with Gasteiger partial charge in [0.2, 0.25) is 5.91 Å². The Balaban J connectivity index is 1.69. The minimum Gasteiger partial charge on any atom is -0.488 e. The average molecular weight is 582 g/mol. The van der Waals surface area contributed by atoms with Crippen LogP contribution in [0, 0.1) is 26.7 Å². The smallest absolute Gasteiger partial charge is 0.411 e. The van der Waals surface area contributed by atoms with Crippen molar-refractivity contribution >= 4 is 34.8 Å². The van der Waals surface area contributed by atoms with Crippen molar-refractivity contribution < 1.29 is 38.1 Å². The average Bonchev–Trinajstić information content (AvgIpc) is 3.48. The standard InChI is InChI=1S/C31H39N3O8/c1-10-19-14-31(19,28(37)40-9)33-26(35)23-12-20(15-34(23)29(38)42-30(5,6)7)41-24-13-22(27(36)39-8)32-25-18(4)17(3)16(2)11-21(24)25/h10-11,13,19-20,23H,1,12,14-15H2,2-9H3,(H,33,35)/t19-,20-,23-,31-/m1/s1. The molecule has 1 aromatic carbocycles. The van der Waals surface area contributed by atoms with E-state index in [0.29, 0.717) is 23.1 Å². The summed E-state index contributed by atoms with van der Waals surface area (Å²) in [5, 5.41) is 3.51. The number of pyridine rings is 1. The van der Waals surface area contributed by atoms with E-state index in [1.165, 1.54) is 25.2 Å². The fourth-order valence-electron chi connectivity index (χ4n) is 5.38. The number of esters is 2. The van der Waals surface area contributed by atoms with Gasteiger partial charge in [-0.15, -0.1) is 6.58 Å². The molecule has 1 N–H and O–H groups in total. The molecular formula is C31H39N3O8. The molecule has 2 aliphatic rings. The Morgan fingerprint density at radius 3 is 2.36 bits per heavy atom. The van der Waals surface area contributed by atoms with Gasteiger partial charge >= 0.3 is 18.0 Å². The summed E-state index contributed by atoms with van der Waals surface area (Å²) in [6.45, 7) is 14.9.